The molecule has 0 radical (unpaired) electrons. The molecule has 4 aromatic rings. The lowest BCUT2D eigenvalue weighted by Crippen LogP contribution is -1.99. The Balaban J connectivity index is 1.66. The summed E-state index contributed by atoms with van der Waals surface area (Å²) in [6.45, 7) is 6.93. The van der Waals surface area contributed by atoms with Crippen LogP contribution in [0.5, 0.6) is 34.5 Å². The summed E-state index contributed by atoms with van der Waals surface area (Å²) in [5, 5.41) is 62.1. The average Bonchev–Trinajstić information content (AvgIpc) is 2.85. The van der Waals surface area contributed by atoms with Crippen molar-refractivity contribution in [2.45, 2.75) is 47.0 Å². The Kier molecular flexibility index (Phi) is 6.94. The maximum Gasteiger partial charge on any atom is 0.125 e. The molecule has 0 bridgehead atoms. The normalized spacial score (nSPS) is 11.1. The number of aryl methyl sites for hydroxylation is 2. The highest BCUT2D eigenvalue weighted by atomic mass is 16.3. The molecule has 6 N–H and O–H groups in total. The van der Waals surface area contributed by atoms with E-state index in [9.17, 15) is 30.6 Å². The monoisotopic (exact) mass is 500 g/mol. The van der Waals surface area contributed by atoms with Crippen LogP contribution in [0.3, 0.4) is 0 Å². The first kappa shape index (κ1) is 25.8. The first-order valence-electron chi connectivity index (χ1n) is 12.1. The highest BCUT2D eigenvalue weighted by Gasteiger charge is 2.16. The van der Waals surface area contributed by atoms with Gasteiger partial charge in [-0.1, -0.05) is 36.4 Å². The summed E-state index contributed by atoms with van der Waals surface area (Å²) in [4.78, 5) is 0. The van der Waals surface area contributed by atoms with Crippen LogP contribution in [0.4, 0.5) is 0 Å². The number of phenols is 6. The summed E-state index contributed by atoms with van der Waals surface area (Å²) >= 11 is 0. The first-order chi connectivity index (χ1) is 17.5. The molecule has 0 aliphatic rings. The van der Waals surface area contributed by atoms with Crippen molar-refractivity contribution in [3.05, 3.63) is 104 Å². The summed E-state index contributed by atoms with van der Waals surface area (Å²) in [7, 11) is 0. The summed E-state index contributed by atoms with van der Waals surface area (Å²) in [6, 6.07) is 14.0. The van der Waals surface area contributed by atoms with Gasteiger partial charge >= 0.3 is 0 Å². The lowest BCUT2D eigenvalue weighted by molar-refractivity contribution is 0.437. The van der Waals surface area contributed by atoms with E-state index in [1.807, 2.05) is 38.1 Å². The number of hydrogen-bond acceptors (Lipinski definition) is 6. The molecular weight excluding hydrogens is 468 g/mol. The number of phenolic OH excluding ortho intramolecular Hbond substituents is 6. The van der Waals surface area contributed by atoms with Crippen LogP contribution < -0.4 is 0 Å². The summed E-state index contributed by atoms with van der Waals surface area (Å²) in [6.07, 6.45) is 1.14. The molecule has 0 saturated heterocycles. The minimum absolute atomic E-state index is 0.00831. The van der Waals surface area contributed by atoms with Gasteiger partial charge in [0.25, 0.3) is 0 Å². The molecule has 4 aromatic carbocycles. The van der Waals surface area contributed by atoms with Crippen LogP contribution in [0, 0.1) is 27.7 Å². The molecule has 0 unspecified atom stereocenters. The van der Waals surface area contributed by atoms with Crippen LogP contribution in [0.25, 0.3) is 0 Å². The molecule has 0 spiro atoms. The standard InChI is InChI=1S/C31H32O6/c1-16-9-20(12-24(28(16)34)14-22-5-7-26(32)18(3)30(22)36)11-21-10-17(2)29(35)25(13-21)15-23-6-8-27(33)19(4)31(23)37/h5-10,12-13,32-37H,11,14-15H2,1-4H3. The fraction of sp³-hybridized carbons (Fsp3) is 0.226. The minimum atomic E-state index is 0.00831. The van der Waals surface area contributed by atoms with Crippen LogP contribution in [0.15, 0.2) is 48.5 Å². The minimum Gasteiger partial charge on any atom is -0.508 e. The van der Waals surface area contributed by atoms with E-state index < -0.39 is 0 Å². The third kappa shape index (κ3) is 5.14. The van der Waals surface area contributed by atoms with Crippen LogP contribution in [-0.2, 0) is 19.3 Å². The highest BCUT2D eigenvalue weighted by molar-refractivity contribution is 5.54. The molecule has 0 amide bonds. The summed E-state index contributed by atoms with van der Waals surface area (Å²) in [5.74, 6) is 0.376. The van der Waals surface area contributed by atoms with E-state index in [4.69, 9.17) is 0 Å². The molecule has 0 aliphatic carbocycles. The molecule has 192 valence electrons. The lowest BCUT2D eigenvalue weighted by Gasteiger charge is -2.15. The van der Waals surface area contributed by atoms with Crippen LogP contribution in [-0.4, -0.2) is 30.6 Å². The van der Waals surface area contributed by atoms with Gasteiger partial charge in [-0.15, -0.1) is 0 Å². The number of rotatable bonds is 6. The van der Waals surface area contributed by atoms with Crippen LogP contribution in [0.1, 0.15) is 55.6 Å². The predicted octanol–water partition coefficient (Wildman–Crippen LogP) is 5.93. The van der Waals surface area contributed by atoms with Crippen molar-refractivity contribution in [3.63, 3.8) is 0 Å². The number of benzene rings is 4. The van der Waals surface area contributed by atoms with Gasteiger partial charge in [-0.25, -0.2) is 0 Å². The van der Waals surface area contributed by atoms with Gasteiger partial charge in [0.15, 0.2) is 0 Å². The molecular formula is C31H32O6. The predicted molar refractivity (Wildman–Crippen MR) is 143 cm³/mol. The lowest BCUT2D eigenvalue weighted by atomic mass is 9.92. The smallest absolute Gasteiger partial charge is 0.125 e. The molecule has 0 fully saturated rings. The second-order valence-electron chi connectivity index (χ2n) is 9.81. The van der Waals surface area contributed by atoms with E-state index in [1.165, 1.54) is 12.1 Å². The van der Waals surface area contributed by atoms with Crippen molar-refractivity contribution < 1.29 is 30.6 Å². The summed E-state index contributed by atoms with van der Waals surface area (Å²) < 4.78 is 0. The Hall–Kier alpha value is -4.32. The average molecular weight is 501 g/mol. The second-order valence-corrected chi connectivity index (χ2v) is 9.81. The van der Waals surface area contributed by atoms with Gasteiger partial charge in [0.1, 0.15) is 34.5 Å². The van der Waals surface area contributed by atoms with Crippen molar-refractivity contribution in [1.82, 2.24) is 0 Å². The number of hydrogen-bond donors (Lipinski definition) is 6. The van der Waals surface area contributed by atoms with Crippen molar-refractivity contribution in [2.75, 3.05) is 0 Å². The first-order valence-corrected chi connectivity index (χ1v) is 12.1. The Morgan fingerprint density at radius 1 is 0.432 bits per heavy atom. The zero-order valence-electron chi connectivity index (χ0n) is 21.4. The Morgan fingerprint density at radius 2 is 0.811 bits per heavy atom. The fourth-order valence-electron chi connectivity index (χ4n) is 4.76. The van der Waals surface area contributed by atoms with Gasteiger partial charge in [-0.2, -0.15) is 0 Å². The summed E-state index contributed by atoms with van der Waals surface area (Å²) in [5.41, 5.74) is 6.66. The van der Waals surface area contributed by atoms with Gasteiger partial charge in [-0.3, -0.25) is 0 Å². The van der Waals surface area contributed by atoms with Crippen molar-refractivity contribution >= 4 is 0 Å². The second kappa shape index (κ2) is 9.97. The number of aromatic hydroxyl groups is 6. The van der Waals surface area contributed by atoms with E-state index >= 15 is 0 Å². The topological polar surface area (TPSA) is 121 Å². The Labute approximate surface area is 216 Å². The molecule has 0 heterocycles. The zero-order chi connectivity index (χ0) is 27.0. The van der Waals surface area contributed by atoms with Gasteiger partial charge in [-0.05, 0) is 90.8 Å². The molecule has 0 saturated carbocycles. The molecule has 6 heteroatoms. The highest BCUT2D eigenvalue weighted by Crippen LogP contribution is 2.36. The van der Waals surface area contributed by atoms with Gasteiger partial charge in [0, 0.05) is 24.0 Å². The fourth-order valence-corrected chi connectivity index (χ4v) is 4.76. The maximum absolute atomic E-state index is 10.7. The van der Waals surface area contributed by atoms with E-state index in [0.717, 1.165) is 11.1 Å². The van der Waals surface area contributed by atoms with Crippen LogP contribution in [0.2, 0.25) is 0 Å². The van der Waals surface area contributed by atoms with Crippen molar-refractivity contribution in [2.24, 2.45) is 0 Å². The van der Waals surface area contributed by atoms with Crippen LogP contribution >= 0.6 is 0 Å². The van der Waals surface area contributed by atoms with Crippen molar-refractivity contribution in [3.8, 4) is 34.5 Å². The Bertz CT molecular complexity index is 1390. The molecule has 0 atom stereocenters. The van der Waals surface area contributed by atoms with E-state index in [1.54, 1.807) is 26.0 Å². The third-order valence-corrected chi connectivity index (χ3v) is 7.02. The van der Waals surface area contributed by atoms with Gasteiger partial charge in [0.2, 0.25) is 0 Å². The molecule has 37 heavy (non-hydrogen) atoms. The Morgan fingerprint density at radius 3 is 1.19 bits per heavy atom. The molecule has 0 aromatic heterocycles. The molecule has 0 aliphatic heterocycles. The van der Waals surface area contributed by atoms with Gasteiger partial charge < -0.3 is 30.6 Å². The molecule has 4 rings (SSSR count). The largest absolute Gasteiger partial charge is 0.508 e. The van der Waals surface area contributed by atoms with E-state index in [0.29, 0.717) is 63.8 Å². The quantitative estimate of drug-likeness (QED) is 0.195. The SMILES string of the molecule is Cc1cc(Cc2cc(C)c(O)c(Cc3ccc(O)c(C)c3O)c2)cc(Cc2ccc(O)c(C)c2O)c1O. The maximum atomic E-state index is 10.7. The van der Waals surface area contributed by atoms with Gasteiger partial charge in [0.05, 0.1) is 0 Å². The van der Waals surface area contributed by atoms with E-state index in [-0.39, 0.29) is 34.5 Å². The molecule has 6 nitrogen and oxygen atoms in total. The zero-order valence-corrected chi connectivity index (χ0v) is 21.4. The van der Waals surface area contributed by atoms with Crippen molar-refractivity contribution in [1.29, 1.82) is 0 Å². The third-order valence-electron chi connectivity index (χ3n) is 7.02. The van der Waals surface area contributed by atoms with E-state index in [2.05, 4.69) is 0 Å².